The second kappa shape index (κ2) is 14.8. The van der Waals surface area contributed by atoms with Crippen LogP contribution in [-0.4, -0.2) is 75.1 Å². The number of aliphatic carboxylic acids is 1. The average Bonchev–Trinajstić information content (AvgIpc) is 3.36. The van der Waals surface area contributed by atoms with Gasteiger partial charge in [0.2, 0.25) is 23.6 Å². The Labute approximate surface area is 242 Å². The van der Waals surface area contributed by atoms with Gasteiger partial charge >= 0.3 is 5.97 Å². The average molecular weight is 581 g/mol. The lowest BCUT2D eigenvalue weighted by atomic mass is 10.0. The number of benzene rings is 2. The molecule has 0 aliphatic carbocycles. The number of hydrogen-bond donors (Lipinski definition) is 8. The Kier molecular flexibility index (Phi) is 11.2. The molecular weight excluding hydrogens is 544 g/mol. The largest absolute Gasteiger partial charge is 0.480 e. The highest BCUT2D eigenvalue weighted by Crippen LogP contribution is 2.19. The van der Waals surface area contributed by atoms with Gasteiger partial charge in [0.05, 0.1) is 12.1 Å². The molecule has 5 unspecified atom stereocenters. The van der Waals surface area contributed by atoms with Crippen LogP contribution < -0.4 is 27.4 Å². The molecule has 3 rings (SSSR count). The number of amides is 4. The van der Waals surface area contributed by atoms with Crippen molar-refractivity contribution in [3.63, 3.8) is 0 Å². The van der Waals surface area contributed by atoms with Gasteiger partial charge in [0, 0.05) is 36.4 Å². The Morgan fingerprint density at radius 3 is 2.10 bits per heavy atom. The fourth-order valence-corrected chi connectivity index (χ4v) is 4.41. The number of carboxylic acid groups (broad SMARTS) is 1. The van der Waals surface area contributed by atoms with E-state index in [1.54, 1.807) is 36.5 Å². The third-order valence-electron chi connectivity index (χ3n) is 6.73. The van der Waals surface area contributed by atoms with E-state index in [0.29, 0.717) is 11.1 Å². The Morgan fingerprint density at radius 1 is 0.857 bits per heavy atom. The molecule has 5 atom stereocenters. The minimum Gasteiger partial charge on any atom is -0.480 e. The zero-order chi connectivity index (χ0) is 30.8. The van der Waals surface area contributed by atoms with Gasteiger partial charge in [-0.15, -0.1) is 0 Å². The molecule has 13 nitrogen and oxygen atoms in total. The first-order valence-electron chi connectivity index (χ1n) is 13.4. The van der Waals surface area contributed by atoms with Gasteiger partial charge in [-0.1, -0.05) is 48.5 Å². The number of fused-ring (bicyclic) bond motifs is 1. The molecule has 0 radical (unpaired) electrons. The maximum Gasteiger partial charge on any atom is 0.328 e. The molecule has 0 aliphatic heterocycles. The molecule has 4 amide bonds. The summed E-state index contributed by atoms with van der Waals surface area (Å²) in [5.41, 5.74) is 13.2. The molecule has 0 bridgehead atoms. The van der Waals surface area contributed by atoms with Crippen LogP contribution in [0.3, 0.4) is 0 Å². The number of rotatable bonds is 15. The van der Waals surface area contributed by atoms with Crippen LogP contribution in [0.4, 0.5) is 0 Å². The van der Waals surface area contributed by atoms with E-state index in [9.17, 15) is 34.2 Å². The van der Waals surface area contributed by atoms with Crippen molar-refractivity contribution in [2.24, 2.45) is 11.5 Å². The van der Waals surface area contributed by atoms with Crippen LogP contribution in [0.15, 0.2) is 60.8 Å². The second-order valence-corrected chi connectivity index (χ2v) is 10.1. The van der Waals surface area contributed by atoms with Crippen molar-refractivity contribution in [2.75, 3.05) is 0 Å². The highest BCUT2D eigenvalue weighted by Gasteiger charge is 2.32. The molecule has 10 N–H and O–H groups in total. The Bertz CT molecular complexity index is 1410. The van der Waals surface area contributed by atoms with Crippen molar-refractivity contribution in [3.05, 3.63) is 71.9 Å². The highest BCUT2D eigenvalue weighted by atomic mass is 16.4. The number of primary amides is 1. The summed E-state index contributed by atoms with van der Waals surface area (Å²) in [4.78, 5) is 65.7. The first-order valence-corrected chi connectivity index (χ1v) is 13.4. The van der Waals surface area contributed by atoms with Gasteiger partial charge in [0.15, 0.2) is 6.04 Å². The molecule has 3 aromatic rings. The zero-order valence-corrected chi connectivity index (χ0v) is 23.1. The minimum absolute atomic E-state index is 0.0254. The van der Waals surface area contributed by atoms with Gasteiger partial charge in [-0.3, -0.25) is 19.2 Å². The first kappa shape index (κ1) is 31.8. The van der Waals surface area contributed by atoms with E-state index in [1.165, 1.54) is 6.92 Å². The van der Waals surface area contributed by atoms with Gasteiger partial charge in [-0.25, -0.2) is 4.79 Å². The summed E-state index contributed by atoms with van der Waals surface area (Å²) < 4.78 is 0. The summed E-state index contributed by atoms with van der Waals surface area (Å²) in [5, 5.41) is 27.7. The molecule has 42 heavy (non-hydrogen) atoms. The number of carbonyl (C=O) groups is 5. The molecule has 2 aromatic carbocycles. The van der Waals surface area contributed by atoms with Crippen LogP contribution in [0.5, 0.6) is 0 Å². The number of nitrogens with two attached hydrogens (primary N) is 2. The van der Waals surface area contributed by atoms with E-state index in [-0.39, 0.29) is 25.7 Å². The molecule has 0 spiro atoms. The lowest BCUT2D eigenvalue weighted by molar-refractivity contribution is -0.145. The second-order valence-electron chi connectivity index (χ2n) is 10.1. The number of aliphatic hydroxyl groups excluding tert-OH is 1. The topological polar surface area (TPSA) is 230 Å². The Morgan fingerprint density at radius 2 is 1.45 bits per heavy atom. The maximum absolute atomic E-state index is 13.6. The fourth-order valence-electron chi connectivity index (χ4n) is 4.41. The predicted octanol–water partition coefficient (Wildman–Crippen LogP) is -0.534. The van der Waals surface area contributed by atoms with Crippen molar-refractivity contribution in [2.45, 2.75) is 62.9 Å². The normalized spacial score (nSPS) is 14.6. The molecule has 0 fully saturated rings. The Hall–Kier alpha value is -4.75. The van der Waals surface area contributed by atoms with E-state index in [1.807, 2.05) is 24.3 Å². The molecule has 13 heteroatoms. The number of H-pyrrole nitrogens is 1. The van der Waals surface area contributed by atoms with Crippen LogP contribution >= 0.6 is 0 Å². The number of carboxylic acids is 1. The lowest BCUT2D eigenvalue weighted by Gasteiger charge is -2.26. The SMILES string of the molecule is CC(O)C(NC(=O)C(Cc1c[nH]c2ccccc12)NC(=O)C(Cc1ccccc1)NC(=O)C(N)CCC(N)=O)C(=O)O. The summed E-state index contributed by atoms with van der Waals surface area (Å²) >= 11 is 0. The smallest absolute Gasteiger partial charge is 0.328 e. The lowest BCUT2D eigenvalue weighted by Crippen LogP contribution is -2.59. The van der Waals surface area contributed by atoms with Crippen LogP contribution in [0, 0.1) is 0 Å². The summed E-state index contributed by atoms with van der Waals surface area (Å²) in [6.45, 7) is 1.22. The standard InChI is InChI=1S/C29H36N6O7/c1-16(36)25(29(41)42)35-28(40)23(14-18-15-32-21-10-6-5-9-19(18)21)34-27(39)22(13-17-7-3-2-4-8-17)33-26(38)20(30)11-12-24(31)37/h2-10,15-16,20,22-23,25,32,36H,11-14,30H2,1H3,(H2,31,37)(H,33,38)(H,34,39)(H,35,40)(H,41,42). The van der Waals surface area contributed by atoms with Gasteiger partial charge in [0.25, 0.3) is 0 Å². The van der Waals surface area contributed by atoms with E-state index in [2.05, 4.69) is 20.9 Å². The van der Waals surface area contributed by atoms with E-state index in [0.717, 1.165) is 10.9 Å². The minimum atomic E-state index is -1.62. The van der Waals surface area contributed by atoms with Gasteiger partial charge < -0.3 is 42.6 Å². The molecule has 0 saturated heterocycles. The molecule has 1 heterocycles. The third kappa shape index (κ3) is 8.88. The van der Waals surface area contributed by atoms with Crippen molar-refractivity contribution in [3.8, 4) is 0 Å². The summed E-state index contributed by atoms with van der Waals surface area (Å²) in [6.07, 6.45) is 0.142. The van der Waals surface area contributed by atoms with Gasteiger partial charge in [-0.2, -0.15) is 0 Å². The fraction of sp³-hybridized carbons (Fsp3) is 0.345. The summed E-state index contributed by atoms with van der Waals surface area (Å²) in [5.74, 6) is -4.33. The quantitative estimate of drug-likeness (QED) is 0.116. The summed E-state index contributed by atoms with van der Waals surface area (Å²) in [6, 6.07) is 11.0. The molecule has 1 aromatic heterocycles. The highest BCUT2D eigenvalue weighted by molar-refractivity contribution is 5.95. The molecule has 224 valence electrons. The van der Waals surface area contributed by atoms with Crippen LogP contribution in [0.1, 0.15) is 30.9 Å². The molecular formula is C29H36N6O7. The summed E-state index contributed by atoms with van der Waals surface area (Å²) in [7, 11) is 0. The van der Waals surface area contributed by atoms with Gasteiger partial charge in [0.1, 0.15) is 12.1 Å². The molecule has 0 saturated carbocycles. The molecule has 0 aliphatic rings. The van der Waals surface area contributed by atoms with E-state index in [4.69, 9.17) is 11.5 Å². The van der Waals surface area contributed by atoms with Crippen molar-refractivity contribution >= 4 is 40.5 Å². The number of para-hydroxylation sites is 1. The Balaban J connectivity index is 1.88. The van der Waals surface area contributed by atoms with Crippen LogP contribution in [-0.2, 0) is 36.8 Å². The predicted molar refractivity (Wildman–Crippen MR) is 154 cm³/mol. The number of carbonyl (C=O) groups excluding carboxylic acids is 4. The number of nitrogens with one attached hydrogen (secondary N) is 4. The first-order chi connectivity index (χ1) is 20.0. The maximum atomic E-state index is 13.6. The number of aromatic nitrogens is 1. The van der Waals surface area contributed by atoms with Crippen molar-refractivity contribution < 1.29 is 34.2 Å². The van der Waals surface area contributed by atoms with E-state index < -0.39 is 59.9 Å². The van der Waals surface area contributed by atoms with Crippen molar-refractivity contribution in [1.82, 2.24) is 20.9 Å². The zero-order valence-electron chi connectivity index (χ0n) is 23.1. The number of aromatic amines is 1. The van der Waals surface area contributed by atoms with Crippen LogP contribution in [0.25, 0.3) is 10.9 Å². The van der Waals surface area contributed by atoms with Crippen LogP contribution in [0.2, 0.25) is 0 Å². The third-order valence-corrected chi connectivity index (χ3v) is 6.73. The van der Waals surface area contributed by atoms with E-state index >= 15 is 0 Å². The number of aliphatic hydroxyl groups is 1. The van der Waals surface area contributed by atoms with Crippen molar-refractivity contribution in [1.29, 1.82) is 0 Å². The van der Waals surface area contributed by atoms with Gasteiger partial charge in [-0.05, 0) is 30.5 Å². The number of hydrogen-bond acceptors (Lipinski definition) is 7. The monoisotopic (exact) mass is 580 g/mol.